The van der Waals surface area contributed by atoms with Crippen molar-refractivity contribution in [3.05, 3.63) is 27.7 Å². The summed E-state index contributed by atoms with van der Waals surface area (Å²) in [4.78, 5) is 2.06. The van der Waals surface area contributed by atoms with Gasteiger partial charge in [-0.1, -0.05) is 23.2 Å². The number of phenols is 1. The molecule has 0 amide bonds. The number of aromatic hydroxyl groups is 1. The van der Waals surface area contributed by atoms with E-state index in [1.807, 2.05) is 7.05 Å². The summed E-state index contributed by atoms with van der Waals surface area (Å²) in [5.41, 5.74) is 6.16. The number of nitrogens with zero attached hydrogens (tertiary/aromatic N) is 1. The third-order valence-corrected chi connectivity index (χ3v) is 2.80. The Bertz CT molecular complexity index is 358. The molecule has 1 rings (SSSR count). The summed E-state index contributed by atoms with van der Waals surface area (Å²) in [6.45, 7) is 2.14. The molecule has 0 heterocycles. The quantitative estimate of drug-likeness (QED) is 0.858. The van der Waals surface area contributed by atoms with E-state index in [-0.39, 0.29) is 10.8 Å². The topological polar surface area (TPSA) is 49.5 Å². The van der Waals surface area contributed by atoms with Gasteiger partial charge in [-0.25, -0.2) is 0 Å². The molecule has 0 saturated heterocycles. The molecule has 0 bridgehead atoms. The second-order valence-corrected chi connectivity index (χ2v) is 4.62. The summed E-state index contributed by atoms with van der Waals surface area (Å²) < 4.78 is 0. The molecule has 0 aliphatic heterocycles. The van der Waals surface area contributed by atoms with Crippen LogP contribution in [0, 0.1) is 0 Å². The molecule has 5 heteroatoms. The van der Waals surface area contributed by atoms with Crippen LogP contribution in [0.25, 0.3) is 0 Å². The molecule has 0 aliphatic carbocycles. The van der Waals surface area contributed by atoms with E-state index in [1.165, 1.54) is 6.07 Å². The van der Waals surface area contributed by atoms with Crippen LogP contribution in [-0.4, -0.2) is 30.1 Å². The maximum absolute atomic E-state index is 9.75. The maximum atomic E-state index is 9.75. The summed E-state index contributed by atoms with van der Waals surface area (Å²) in [5, 5.41) is 10.6. The monoisotopic (exact) mass is 262 g/mol. The normalized spacial score (nSPS) is 11.1. The van der Waals surface area contributed by atoms with Crippen molar-refractivity contribution in [1.82, 2.24) is 4.90 Å². The lowest BCUT2D eigenvalue weighted by Gasteiger charge is -2.17. The zero-order chi connectivity index (χ0) is 12.1. The van der Waals surface area contributed by atoms with E-state index in [1.54, 1.807) is 6.07 Å². The Morgan fingerprint density at radius 1 is 1.38 bits per heavy atom. The van der Waals surface area contributed by atoms with Gasteiger partial charge in [0.2, 0.25) is 0 Å². The fraction of sp³-hybridized carbons (Fsp3) is 0.455. The Morgan fingerprint density at radius 3 is 2.69 bits per heavy atom. The molecule has 0 spiro atoms. The van der Waals surface area contributed by atoms with Crippen LogP contribution in [-0.2, 0) is 6.54 Å². The first kappa shape index (κ1) is 13.6. The molecular formula is C11H16Cl2N2O. The van der Waals surface area contributed by atoms with Gasteiger partial charge < -0.3 is 15.7 Å². The van der Waals surface area contributed by atoms with Gasteiger partial charge in [-0.05, 0) is 38.7 Å². The first-order valence-corrected chi connectivity index (χ1v) is 5.85. The number of halogens is 2. The molecular weight excluding hydrogens is 247 g/mol. The Labute approximate surface area is 106 Å². The van der Waals surface area contributed by atoms with Crippen LogP contribution in [0.5, 0.6) is 5.75 Å². The highest BCUT2D eigenvalue weighted by atomic mass is 35.5. The number of phenolic OH excluding ortho intramolecular Hbond substituents is 1. The first-order chi connectivity index (χ1) is 7.54. The average molecular weight is 263 g/mol. The lowest BCUT2D eigenvalue weighted by Crippen LogP contribution is -2.21. The number of nitrogens with two attached hydrogens (primary N) is 1. The fourth-order valence-electron chi connectivity index (χ4n) is 1.47. The van der Waals surface area contributed by atoms with Gasteiger partial charge in [0.25, 0.3) is 0 Å². The molecule has 0 atom stereocenters. The average Bonchev–Trinajstić information content (AvgIpc) is 2.22. The first-order valence-electron chi connectivity index (χ1n) is 5.10. The molecule has 90 valence electrons. The van der Waals surface area contributed by atoms with Crippen molar-refractivity contribution in [3.63, 3.8) is 0 Å². The molecule has 0 aromatic heterocycles. The molecule has 3 N–H and O–H groups in total. The number of hydrogen-bond donors (Lipinski definition) is 2. The second-order valence-electron chi connectivity index (χ2n) is 3.78. The standard InChI is InChI=1S/C11H16Cl2N2O/c1-15(4-2-3-14)7-8-5-9(12)6-10(13)11(8)16/h5-6,16H,2-4,7,14H2,1H3. The Balaban J connectivity index is 2.72. The summed E-state index contributed by atoms with van der Waals surface area (Å²) in [6.07, 6.45) is 0.922. The molecule has 1 aromatic carbocycles. The van der Waals surface area contributed by atoms with E-state index >= 15 is 0 Å². The van der Waals surface area contributed by atoms with Gasteiger partial charge >= 0.3 is 0 Å². The van der Waals surface area contributed by atoms with Crippen LogP contribution in [0.15, 0.2) is 12.1 Å². The molecule has 0 aliphatic rings. The van der Waals surface area contributed by atoms with Gasteiger partial charge in [0.15, 0.2) is 0 Å². The van der Waals surface area contributed by atoms with E-state index in [0.717, 1.165) is 18.5 Å². The predicted molar refractivity (Wildman–Crippen MR) is 68.1 cm³/mol. The smallest absolute Gasteiger partial charge is 0.138 e. The van der Waals surface area contributed by atoms with E-state index < -0.39 is 0 Å². The lowest BCUT2D eigenvalue weighted by atomic mass is 10.2. The van der Waals surface area contributed by atoms with E-state index in [4.69, 9.17) is 28.9 Å². The van der Waals surface area contributed by atoms with Gasteiger partial charge in [-0.3, -0.25) is 0 Å². The predicted octanol–water partition coefficient (Wildman–Crippen LogP) is 2.48. The Kier molecular flexibility index (Phi) is 5.35. The minimum atomic E-state index is 0.102. The Morgan fingerprint density at radius 2 is 2.06 bits per heavy atom. The minimum absolute atomic E-state index is 0.102. The Hall–Kier alpha value is -0.480. The van der Waals surface area contributed by atoms with E-state index in [2.05, 4.69) is 4.90 Å². The van der Waals surface area contributed by atoms with Gasteiger partial charge in [0.05, 0.1) is 5.02 Å². The van der Waals surface area contributed by atoms with Crippen LogP contribution >= 0.6 is 23.2 Å². The molecule has 16 heavy (non-hydrogen) atoms. The second kappa shape index (κ2) is 6.30. The van der Waals surface area contributed by atoms with Crippen molar-refractivity contribution in [2.45, 2.75) is 13.0 Å². The highest BCUT2D eigenvalue weighted by Gasteiger charge is 2.09. The zero-order valence-electron chi connectivity index (χ0n) is 9.21. The van der Waals surface area contributed by atoms with Crippen molar-refractivity contribution in [2.24, 2.45) is 5.73 Å². The van der Waals surface area contributed by atoms with E-state index in [9.17, 15) is 5.11 Å². The summed E-state index contributed by atoms with van der Waals surface area (Å²) in [5.74, 6) is 0.102. The third-order valence-electron chi connectivity index (χ3n) is 2.29. The highest BCUT2D eigenvalue weighted by Crippen LogP contribution is 2.31. The summed E-state index contributed by atoms with van der Waals surface area (Å²) >= 11 is 11.7. The van der Waals surface area contributed by atoms with Crippen LogP contribution in [0.4, 0.5) is 0 Å². The SMILES string of the molecule is CN(CCCN)Cc1cc(Cl)cc(Cl)c1O. The van der Waals surface area contributed by atoms with Crippen molar-refractivity contribution >= 4 is 23.2 Å². The van der Waals surface area contributed by atoms with Gasteiger partial charge in [0, 0.05) is 17.1 Å². The number of hydrogen-bond acceptors (Lipinski definition) is 3. The van der Waals surface area contributed by atoms with E-state index in [0.29, 0.717) is 18.1 Å². The van der Waals surface area contributed by atoms with Crippen LogP contribution < -0.4 is 5.73 Å². The largest absolute Gasteiger partial charge is 0.506 e. The molecule has 0 saturated carbocycles. The summed E-state index contributed by atoms with van der Waals surface area (Å²) in [6, 6.07) is 3.25. The number of benzene rings is 1. The van der Waals surface area contributed by atoms with Gasteiger partial charge in [-0.2, -0.15) is 0 Å². The lowest BCUT2D eigenvalue weighted by molar-refractivity contribution is 0.318. The van der Waals surface area contributed by atoms with Crippen LogP contribution in [0.1, 0.15) is 12.0 Å². The third kappa shape index (κ3) is 3.83. The number of rotatable bonds is 5. The fourth-order valence-corrected chi connectivity index (χ4v) is 2.01. The molecule has 3 nitrogen and oxygen atoms in total. The van der Waals surface area contributed by atoms with Gasteiger partial charge in [-0.15, -0.1) is 0 Å². The van der Waals surface area contributed by atoms with Crippen LogP contribution in [0.2, 0.25) is 10.0 Å². The van der Waals surface area contributed by atoms with Gasteiger partial charge in [0.1, 0.15) is 5.75 Å². The molecule has 0 unspecified atom stereocenters. The van der Waals surface area contributed by atoms with Crippen molar-refractivity contribution in [3.8, 4) is 5.75 Å². The zero-order valence-corrected chi connectivity index (χ0v) is 10.7. The van der Waals surface area contributed by atoms with Crippen molar-refractivity contribution < 1.29 is 5.11 Å². The molecule has 1 aromatic rings. The van der Waals surface area contributed by atoms with Crippen molar-refractivity contribution in [2.75, 3.05) is 20.1 Å². The highest BCUT2D eigenvalue weighted by molar-refractivity contribution is 6.35. The molecule has 0 radical (unpaired) electrons. The van der Waals surface area contributed by atoms with Crippen molar-refractivity contribution in [1.29, 1.82) is 0 Å². The maximum Gasteiger partial charge on any atom is 0.138 e. The summed E-state index contributed by atoms with van der Waals surface area (Å²) in [7, 11) is 1.96. The minimum Gasteiger partial charge on any atom is -0.506 e. The molecule has 0 fully saturated rings. The van der Waals surface area contributed by atoms with Crippen LogP contribution in [0.3, 0.4) is 0 Å².